The minimum atomic E-state index is 0.625. The van der Waals surface area contributed by atoms with Crippen LogP contribution in [0.1, 0.15) is 5.56 Å². The summed E-state index contributed by atoms with van der Waals surface area (Å²) >= 11 is 1.64. The summed E-state index contributed by atoms with van der Waals surface area (Å²) in [7, 11) is 1.62. The van der Waals surface area contributed by atoms with Gasteiger partial charge in [-0.05, 0) is 31.2 Å². The first kappa shape index (κ1) is 13.6. The Morgan fingerprint density at radius 1 is 1.10 bits per heavy atom. The molecular formula is C17H16N2OS. The summed E-state index contributed by atoms with van der Waals surface area (Å²) in [5.74, 6) is 0.688. The van der Waals surface area contributed by atoms with E-state index in [2.05, 4.69) is 36.6 Å². The van der Waals surface area contributed by atoms with Gasteiger partial charge in [0, 0.05) is 16.5 Å². The number of hydrogen-bond acceptors (Lipinski definition) is 4. The summed E-state index contributed by atoms with van der Waals surface area (Å²) in [4.78, 5) is 4.71. The Kier molecular flexibility index (Phi) is 3.62. The highest BCUT2D eigenvalue weighted by Crippen LogP contribution is 2.32. The molecule has 0 aliphatic rings. The van der Waals surface area contributed by atoms with Crippen LogP contribution in [0.15, 0.2) is 47.8 Å². The van der Waals surface area contributed by atoms with Gasteiger partial charge in [0.1, 0.15) is 10.8 Å². The first-order valence-corrected chi connectivity index (χ1v) is 7.52. The zero-order valence-corrected chi connectivity index (χ0v) is 12.8. The van der Waals surface area contributed by atoms with Crippen LogP contribution < -0.4 is 10.5 Å². The number of hydrogen-bond donors (Lipinski definition) is 1. The number of benzene rings is 2. The maximum absolute atomic E-state index is 5.96. The van der Waals surface area contributed by atoms with E-state index in [1.807, 2.05) is 18.2 Å². The van der Waals surface area contributed by atoms with E-state index in [0.29, 0.717) is 11.4 Å². The number of thiazole rings is 1. The number of anilines is 1. The van der Waals surface area contributed by atoms with Crippen LogP contribution in [0.2, 0.25) is 0 Å². The Bertz CT molecular complexity index is 780. The third-order valence-corrected chi connectivity index (χ3v) is 4.19. The molecule has 0 unspecified atom stereocenters. The second-order valence-corrected chi connectivity index (χ2v) is 5.72. The van der Waals surface area contributed by atoms with Crippen molar-refractivity contribution in [3.05, 3.63) is 53.4 Å². The van der Waals surface area contributed by atoms with Crippen molar-refractivity contribution in [2.75, 3.05) is 12.8 Å². The molecule has 1 aromatic heterocycles. The number of ether oxygens (including phenoxy) is 1. The van der Waals surface area contributed by atoms with Gasteiger partial charge in [-0.25, -0.2) is 4.98 Å². The molecule has 0 spiro atoms. The van der Waals surface area contributed by atoms with Crippen LogP contribution in [0.5, 0.6) is 5.75 Å². The number of nitrogens with two attached hydrogens (primary N) is 1. The highest BCUT2D eigenvalue weighted by atomic mass is 32.1. The van der Waals surface area contributed by atoms with Gasteiger partial charge in [0.15, 0.2) is 0 Å². The summed E-state index contributed by atoms with van der Waals surface area (Å²) in [6, 6.07) is 14.1. The van der Waals surface area contributed by atoms with Crippen LogP contribution in [-0.2, 0) is 0 Å². The minimum Gasteiger partial charge on any atom is -0.495 e. The molecule has 0 fully saturated rings. The van der Waals surface area contributed by atoms with Crippen LogP contribution in [0, 0.1) is 6.92 Å². The third-order valence-electron chi connectivity index (χ3n) is 3.29. The summed E-state index contributed by atoms with van der Waals surface area (Å²) in [6.07, 6.45) is 0. The normalized spacial score (nSPS) is 10.6. The van der Waals surface area contributed by atoms with Crippen molar-refractivity contribution in [1.29, 1.82) is 0 Å². The molecule has 0 aliphatic heterocycles. The first-order chi connectivity index (χ1) is 10.2. The predicted octanol–water partition coefficient (Wildman–Crippen LogP) is 4.38. The summed E-state index contributed by atoms with van der Waals surface area (Å²) < 4.78 is 5.18. The molecule has 106 valence electrons. The quantitative estimate of drug-likeness (QED) is 0.730. The molecule has 0 radical (unpaired) electrons. The van der Waals surface area contributed by atoms with Crippen LogP contribution in [-0.4, -0.2) is 12.1 Å². The van der Waals surface area contributed by atoms with Crippen LogP contribution >= 0.6 is 11.3 Å². The number of nitrogens with zero attached hydrogens (tertiary/aromatic N) is 1. The second-order valence-electron chi connectivity index (χ2n) is 4.86. The Morgan fingerprint density at radius 2 is 1.95 bits per heavy atom. The van der Waals surface area contributed by atoms with Gasteiger partial charge < -0.3 is 10.5 Å². The average Bonchev–Trinajstić information content (AvgIpc) is 2.97. The van der Waals surface area contributed by atoms with Gasteiger partial charge in [-0.2, -0.15) is 0 Å². The lowest BCUT2D eigenvalue weighted by Crippen LogP contribution is -1.92. The van der Waals surface area contributed by atoms with Gasteiger partial charge >= 0.3 is 0 Å². The molecule has 0 amide bonds. The highest BCUT2D eigenvalue weighted by Gasteiger charge is 2.08. The Labute approximate surface area is 128 Å². The van der Waals surface area contributed by atoms with E-state index >= 15 is 0 Å². The molecule has 0 bridgehead atoms. The fourth-order valence-corrected chi connectivity index (χ4v) is 3.04. The molecule has 4 heteroatoms. The largest absolute Gasteiger partial charge is 0.495 e. The number of rotatable bonds is 3. The summed E-state index contributed by atoms with van der Waals surface area (Å²) in [6.45, 7) is 2.09. The second kappa shape index (κ2) is 5.58. The topological polar surface area (TPSA) is 48.1 Å². The first-order valence-electron chi connectivity index (χ1n) is 6.64. The highest BCUT2D eigenvalue weighted by molar-refractivity contribution is 7.13. The van der Waals surface area contributed by atoms with Crippen LogP contribution in [0.25, 0.3) is 21.8 Å². The summed E-state index contributed by atoms with van der Waals surface area (Å²) in [5.41, 5.74) is 10.9. The van der Waals surface area contributed by atoms with Crippen molar-refractivity contribution in [3.8, 4) is 27.6 Å². The molecule has 0 saturated heterocycles. The van der Waals surface area contributed by atoms with E-state index in [-0.39, 0.29) is 0 Å². The van der Waals surface area contributed by atoms with Crippen molar-refractivity contribution in [2.45, 2.75) is 6.92 Å². The van der Waals surface area contributed by atoms with Crippen molar-refractivity contribution in [3.63, 3.8) is 0 Å². The maximum Gasteiger partial charge on any atom is 0.141 e. The lowest BCUT2D eigenvalue weighted by Gasteiger charge is -2.05. The van der Waals surface area contributed by atoms with E-state index in [1.54, 1.807) is 18.4 Å². The monoisotopic (exact) mass is 296 g/mol. The minimum absolute atomic E-state index is 0.625. The average molecular weight is 296 g/mol. The van der Waals surface area contributed by atoms with E-state index < -0.39 is 0 Å². The van der Waals surface area contributed by atoms with Gasteiger partial charge in [0.05, 0.1) is 18.5 Å². The smallest absolute Gasteiger partial charge is 0.141 e. The summed E-state index contributed by atoms with van der Waals surface area (Å²) in [5, 5.41) is 3.07. The zero-order valence-electron chi connectivity index (χ0n) is 12.0. The lowest BCUT2D eigenvalue weighted by atomic mass is 10.1. The molecule has 0 aliphatic carbocycles. The molecule has 0 saturated carbocycles. The van der Waals surface area contributed by atoms with Gasteiger partial charge in [-0.15, -0.1) is 11.3 Å². The Hall–Kier alpha value is -2.33. The molecule has 2 aromatic carbocycles. The Morgan fingerprint density at radius 3 is 2.67 bits per heavy atom. The lowest BCUT2D eigenvalue weighted by molar-refractivity contribution is 0.417. The molecule has 21 heavy (non-hydrogen) atoms. The zero-order chi connectivity index (χ0) is 14.8. The number of aromatic nitrogens is 1. The van der Waals surface area contributed by atoms with Gasteiger partial charge in [-0.1, -0.05) is 23.8 Å². The van der Waals surface area contributed by atoms with E-state index in [4.69, 9.17) is 15.5 Å². The fraction of sp³-hybridized carbons (Fsp3) is 0.118. The number of aryl methyl sites for hydroxylation is 1. The van der Waals surface area contributed by atoms with Crippen molar-refractivity contribution >= 4 is 17.0 Å². The van der Waals surface area contributed by atoms with Crippen molar-refractivity contribution < 1.29 is 4.74 Å². The standard InChI is InChI=1S/C17H16N2OS/c1-11-4-3-5-13(8-11)17-19-15(10-21-17)12-6-7-16(20-2)14(18)9-12/h3-10H,18H2,1-2H3. The molecule has 0 atom stereocenters. The number of nitrogen functional groups attached to an aromatic ring is 1. The van der Waals surface area contributed by atoms with Crippen molar-refractivity contribution in [1.82, 2.24) is 4.98 Å². The molecule has 2 N–H and O–H groups in total. The third kappa shape index (κ3) is 2.76. The van der Waals surface area contributed by atoms with Crippen LogP contribution in [0.4, 0.5) is 5.69 Å². The fourth-order valence-electron chi connectivity index (χ4n) is 2.21. The predicted molar refractivity (Wildman–Crippen MR) is 88.7 cm³/mol. The number of methoxy groups -OCH3 is 1. The van der Waals surface area contributed by atoms with E-state index in [9.17, 15) is 0 Å². The van der Waals surface area contributed by atoms with Crippen molar-refractivity contribution in [2.24, 2.45) is 0 Å². The maximum atomic E-state index is 5.96. The van der Waals surface area contributed by atoms with Gasteiger partial charge in [-0.3, -0.25) is 0 Å². The molecule has 1 heterocycles. The molecule has 3 aromatic rings. The van der Waals surface area contributed by atoms with Gasteiger partial charge in [0.2, 0.25) is 0 Å². The van der Waals surface area contributed by atoms with E-state index in [0.717, 1.165) is 21.8 Å². The molecular weight excluding hydrogens is 280 g/mol. The Balaban J connectivity index is 1.96. The van der Waals surface area contributed by atoms with E-state index in [1.165, 1.54) is 5.56 Å². The SMILES string of the molecule is COc1ccc(-c2csc(-c3cccc(C)c3)n2)cc1N. The molecule has 3 nitrogen and oxygen atoms in total. The van der Waals surface area contributed by atoms with Crippen LogP contribution in [0.3, 0.4) is 0 Å². The van der Waals surface area contributed by atoms with Gasteiger partial charge in [0.25, 0.3) is 0 Å². The molecule has 3 rings (SSSR count).